The molecule has 2 aromatic rings. The molecule has 5 heteroatoms. The Morgan fingerprint density at radius 2 is 1.72 bits per heavy atom. The Bertz CT molecular complexity index is 579. The zero-order chi connectivity index (χ0) is 13.1. The van der Waals surface area contributed by atoms with Crippen LogP contribution in [0.4, 0.5) is 8.78 Å². The normalized spacial score (nSPS) is 10.2. The van der Waals surface area contributed by atoms with Crippen molar-refractivity contribution in [2.45, 2.75) is 0 Å². The number of nitrogens with zero attached hydrogens (tertiary/aromatic N) is 1. The molecule has 0 spiro atoms. The summed E-state index contributed by atoms with van der Waals surface area (Å²) in [4.78, 5) is 15.2. The monoisotopic (exact) mass is 249 g/mol. The predicted octanol–water partition coefficient (Wildman–Crippen LogP) is 2.81. The fourth-order valence-electron chi connectivity index (χ4n) is 1.53. The Balaban J connectivity index is 2.55. The lowest BCUT2D eigenvalue weighted by Crippen LogP contribution is -2.05. The van der Waals surface area contributed by atoms with Crippen molar-refractivity contribution in [2.75, 3.05) is 7.11 Å². The van der Waals surface area contributed by atoms with Crippen LogP contribution in [0.2, 0.25) is 0 Å². The van der Waals surface area contributed by atoms with E-state index in [0.717, 1.165) is 12.1 Å². The first-order valence-electron chi connectivity index (χ1n) is 5.13. The number of halogens is 2. The minimum atomic E-state index is -0.732. The van der Waals surface area contributed by atoms with Crippen molar-refractivity contribution in [3.8, 4) is 11.3 Å². The molecule has 0 saturated carbocycles. The maximum atomic E-state index is 13.6. The van der Waals surface area contributed by atoms with Gasteiger partial charge in [0.15, 0.2) is 0 Å². The van der Waals surface area contributed by atoms with Gasteiger partial charge in [-0.1, -0.05) is 12.1 Å². The molecule has 0 fully saturated rings. The van der Waals surface area contributed by atoms with Crippen molar-refractivity contribution < 1.29 is 18.3 Å². The van der Waals surface area contributed by atoms with Gasteiger partial charge in [0, 0.05) is 0 Å². The summed E-state index contributed by atoms with van der Waals surface area (Å²) in [6.45, 7) is 0. The van der Waals surface area contributed by atoms with E-state index >= 15 is 0 Å². The number of hydrogen-bond donors (Lipinski definition) is 0. The minimum absolute atomic E-state index is 0.00217. The van der Waals surface area contributed by atoms with Gasteiger partial charge in [0.25, 0.3) is 0 Å². The van der Waals surface area contributed by atoms with Gasteiger partial charge in [-0.15, -0.1) is 0 Å². The van der Waals surface area contributed by atoms with Gasteiger partial charge >= 0.3 is 5.97 Å². The largest absolute Gasteiger partial charge is 0.464 e. The summed E-state index contributed by atoms with van der Waals surface area (Å²) in [5.74, 6) is -2.12. The number of carbonyl (C=O) groups is 1. The van der Waals surface area contributed by atoms with E-state index in [-0.39, 0.29) is 17.0 Å². The lowest BCUT2D eigenvalue weighted by atomic mass is 10.1. The van der Waals surface area contributed by atoms with Gasteiger partial charge < -0.3 is 4.74 Å². The van der Waals surface area contributed by atoms with Crippen LogP contribution in [0.1, 0.15) is 10.5 Å². The van der Waals surface area contributed by atoms with Gasteiger partial charge in [0.05, 0.1) is 18.4 Å². The van der Waals surface area contributed by atoms with Gasteiger partial charge in [-0.25, -0.2) is 18.6 Å². The summed E-state index contributed by atoms with van der Waals surface area (Å²) in [7, 11) is 1.21. The number of pyridine rings is 1. The van der Waals surface area contributed by atoms with E-state index < -0.39 is 17.6 Å². The number of hydrogen-bond acceptors (Lipinski definition) is 3. The fourth-order valence-corrected chi connectivity index (χ4v) is 1.53. The van der Waals surface area contributed by atoms with Gasteiger partial charge in [0.1, 0.15) is 17.3 Å². The molecule has 0 aliphatic carbocycles. The van der Waals surface area contributed by atoms with Crippen LogP contribution in [-0.2, 0) is 4.74 Å². The molecule has 0 bridgehead atoms. The molecule has 0 unspecified atom stereocenters. The number of aromatic nitrogens is 1. The number of esters is 1. The van der Waals surface area contributed by atoms with Crippen LogP contribution in [0.3, 0.4) is 0 Å². The first-order chi connectivity index (χ1) is 8.63. The second kappa shape index (κ2) is 4.91. The van der Waals surface area contributed by atoms with E-state index in [1.165, 1.54) is 31.4 Å². The summed E-state index contributed by atoms with van der Waals surface area (Å²) in [6, 6.07) is 7.84. The van der Waals surface area contributed by atoms with E-state index in [2.05, 4.69) is 9.72 Å². The van der Waals surface area contributed by atoms with Crippen LogP contribution < -0.4 is 0 Å². The number of carbonyl (C=O) groups excluding carboxylic acids is 1. The lowest BCUT2D eigenvalue weighted by molar-refractivity contribution is 0.0594. The quantitative estimate of drug-likeness (QED) is 0.768. The predicted molar refractivity (Wildman–Crippen MR) is 60.9 cm³/mol. The van der Waals surface area contributed by atoms with Gasteiger partial charge in [-0.3, -0.25) is 0 Å². The smallest absolute Gasteiger partial charge is 0.356 e. The van der Waals surface area contributed by atoms with Crippen molar-refractivity contribution in [3.05, 3.63) is 53.7 Å². The lowest BCUT2D eigenvalue weighted by Gasteiger charge is -2.05. The fraction of sp³-hybridized carbons (Fsp3) is 0.0769. The molecule has 0 saturated heterocycles. The molecular formula is C13H9F2NO2. The number of ether oxygens (including phenoxy) is 1. The molecule has 92 valence electrons. The Hall–Kier alpha value is -2.30. The van der Waals surface area contributed by atoms with Crippen molar-refractivity contribution in [1.82, 2.24) is 4.98 Å². The summed E-state index contributed by atoms with van der Waals surface area (Å²) >= 11 is 0. The van der Waals surface area contributed by atoms with Crippen LogP contribution in [0.25, 0.3) is 11.3 Å². The van der Waals surface area contributed by atoms with E-state index in [0.29, 0.717) is 0 Å². The first kappa shape index (κ1) is 12.2. The zero-order valence-corrected chi connectivity index (χ0v) is 9.48. The third-order valence-corrected chi connectivity index (χ3v) is 2.36. The van der Waals surface area contributed by atoms with Crippen LogP contribution in [0, 0.1) is 11.6 Å². The van der Waals surface area contributed by atoms with E-state index in [9.17, 15) is 13.6 Å². The molecule has 0 radical (unpaired) electrons. The summed E-state index contributed by atoms with van der Waals surface area (Å²) in [5.41, 5.74) is -0.214. The molecule has 0 amide bonds. The number of benzene rings is 1. The molecule has 0 aliphatic heterocycles. The molecule has 0 atom stereocenters. The Kier molecular flexibility index (Phi) is 3.32. The van der Waals surface area contributed by atoms with Gasteiger partial charge in [-0.05, 0) is 24.3 Å². The molecule has 3 nitrogen and oxygen atoms in total. The molecule has 0 N–H and O–H groups in total. The van der Waals surface area contributed by atoms with Crippen LogP contribution >= 0.6 is 0 Å². The summed E-state index contributed by atoms with van der Waals surface area (Å²) in [6.07, 6.45) is 0. The second-order valence-electron chi connectivity index (χ2n) is 3.50. The zero-order valence-electron chi connectivity index (χ0n) is 9.48. The van der Waals surface area contributed by atoms with Crippen molar-refractivity contribution >= 4 is 5.97 Å². The molecule has 2 rings (SSSR count). The van der Waals surface area contributed by atoms with Crippen LogP contribution in [0.15, 0.2) is 36.4 Å². The van der Waals surface area contributed by atoms with E-state index in [1.54, 1.807) is 0 Å². The highest BCUT2D eigenvalue weighted by Crippen LogP contribution is 2.24. The average Bonchev–Trinajstić information content (AvgIpc) is 2.38. The Morgan fingerprint density at radius 1 is 1.11 bits per heavy atom. The highest BCUT2D eigenvalue weighted by Gasteiger charge is 2.14. The molecule has 18 heavy (non-hydrogen) atoms. The Morgan fingerprint density at radius 3 is 2.33 bits per heavy atom. The number of rotatable bonds is 2. The molecule has 1 aromatic heterocycles. The summed E-state index contributed by atoms with van der Waals surface area (Å²) < 4.78 is 31.6. The Labute approximate surface area is 102 Å². The standard InChI is InChI=1S/C13H9F2NO2/c1-18-13(17)11-7-3-6-10(16-11)12-8(14)4-2-5-9(12)15/h2-7H,1H3. The molecular weight excluding hydrogens is 240 g/mol. The highest BCUT2D eigenvalue weighted by molar-refractivity contribution is 5.87. The van der Waals surface area contributed by atoms with Gasteiger partial charge in [0.2, 0.25) is 0 Å². The topological polar surface area (TPSA) is 39.2 Å². The maximum absolute atomic E-state index is 13.6. The third-order valence-electron chi connectivity index (χ3n) is 2.36. The van der Waals surface area contributed by atoms with Crippen molar-refractivity contribution in [2.24, 2.45) is 0 Å². The van der Waals surface area contributed by atoms with Crippen LogP contribution in [-0.4, -0.2) is 18.1 Å². The molecule has 1 aromatic carbocycles. The van der Waals surface area contributed by atoms with Crippen LogP contribution in [0.5, 0.6) is 0 Å². The maximum Gasteiger partial charge on any atom is 0.356 e. The van der Waals surface area contributed by atoms with Gasteiger partial charge in [-0.2, -0.15) is 0 Å². The molecule has 1 heterocycles. The van der Waals surface area contributed by atoms with Crippen molar-refractivity contribution in [1.29, 1.82) is 0 Å². The third kappa shape index (κ3) is 2.20. The molecule has 0 aliphatic rings. The summed E-state index contributed by atoms with van der Waals surface area (Å²) in [5, 5.41) is 0. The average molecular weight is 249 g/mol. The minimum Gasteiger partial charge on any atom is -0.464 e. The van der Waals surface area contributed by atoms with E-state index in [1.807, 2.05) is 0 Å². The number of methoxy groups -OCH3 is 1. The van der Waals surface area contributed by atoms with Crippen molar-refractivity contribution in [3.63, 3.8) is 0 Å². The van der Waals surface area contributed by atoms with E-state index in [4.69, 9.17) is 0 Å². The second-order valence-corrected chi connectivity index (χ2v) is 3.50. The highest BCUT2D eigenvalue weighted by atomic mass is 19.1. The SMILES string of the molecule is COC(=O)c1cccc(-c2c(F)cccc2F)n1. The first-order valence-corrected chi connectivity index (χ1v) is 5.13.